The van der Waals surface area contributed by atoms with Crippen LogP contribution in [-0.4, -0.2) is 18.3 Å². The Morgan fingerprint density at radius 2 is 1.96 bits per heavy atom. The summed E-state index contributed by atoms with van der Waals surface area (Å²) in [6.07, 6.45) is 6.19. The Hall–Kier alpha value is -2.95. The van der Waals surface area contributed by atoms with Crippen molar-refractivity contribution in [1.82, 2.24) is 0 Å². The van der Waals surface area contributed by atoms with Crippen LogP contribution in [0.25, 0.3) is 6.08 Å². The molecule has 5 heteroatoms. The Kier molecular flexibility index (Phi) is 4.30. The molecule has 0 saturated carbocycles. The van der Waals surface area contributed by atoms with E-state index >= 15 is 0 Å². The van der Waals surface area contributed by atoms with Crippen molar-refractivity contribution in [3.8, 4) is 17.2 Å². The summed E-state index contributed by atoms with van der Waals surface area (Å²) >= 11 is 0. The summed E-state index contributed by atoms with van der Waals surface area (Å²) < 4.78 is 16.8. The van der Waals surface area contributed by atoms with Crippen LogP contribution in [0, 0.1) is 6.92 Å². The molecule has 1 amide bonds. The van der Waals surface area contributed by atoms with Gasteiger partial charge in [0.15, 0.2) is 11.5 Å². The molecule has 2 aromatic rings. The van der Waals surface area contributed by atoms with Gasteiger partial charge in [0.1, 0.15) is 11.4 Å². The molecule has 5 nitrogen and oxygen atoms in total. The van der Waals surface area contributed by atoms with Crippen LogP contribution in [-0.2, 0) is 0 Å². The van der Waals surface area contributed by atoms with Crippen molar-refractivity contribution in [3.05, 3.63) is 53.1 Å². The van der Waals surface area contributed by atoms with Gasteiger partial charge >= 0.3 is 0 Å². The molecule has 1 N–H and O–H groups in total. The Morgan fingerprint density at radius 3 is 2.78 bits per heavy atom. The Morgan fingerprint density at radius 1 is 1.15 bits per heavy atom. The summed E-state index contributed by atoms with van der Waals surface area (Å²) in [7, 11) is 0. The van der Waals surface area contributed by atoms with Crippen molar-refractivity contribution >= 4 is 17.7 Å². The lowest BCUT2D eigenvalue weighted by atomic mass is 9.94. The molecule has 27 heavy (non-hydrogen) atoms. The van der Waals surface area contributed by atoms with Gasteiger partial charge in [0, 0.05) is 16.8 Å². The minimum atomic E-state index is -0.272. The monoisotopic (exact) mass is 365 g/mol. The van der Waals surface area contributed by atoms with E-state index < -0.39 is 0 Å². The molecule has 2 aliphatic rings. The molecular weight excluding hydrogens is 342 g/mol. The fraction of sp³-hybridized carbons (Fsp3) is 0.318. The lowest BCUT2D eigenvalue weighted by molar-refractivity contribution is 0.102. The molecule has 0 radical (unpaired) electrons. The second-order valence-corrected chi connectivity index (χ2v) is 7.23. The standard InChI is InChI=1S/C22H23NO4/c1-4-8-22(3)9-7-15-11-17(14(2)10-19(15)27-22)23-21(24)16-5-6-18-20(12-16)26-13-25-18/h5-7,9-12H,4,8,13H2,1-3H3,(H,23,24). The van der Waals surface area contributed by atoms with Crippen LogP contribution in [0.5, 0.6) is 17.2 Å². The first-order chi connectivity index (χ1) is 13.0. The second kappa shape index (κ2) is 6.65. The lowest BCUT2D eigenvalue weighted by Crippen LogP contribution is -2.31. The van der Waals surface area contributed by atoms with Gasteiger partial charge in [-0.1, -0.05) is 19.4 Å². The van der Waals surface area contributed by atoms with E-state index in [-0.39, 0.29) is 18.3 Å². The van der Waals surface area contributed by atoms with Crippen molar-refractivity contribution in [2.75, 3.05) is 12.1 Å². The molecular formula is C22H23NO4. The molecule has 4 rings (SSSR count). The largest absolute Gasteiger partial charge is 0.483 e. The summed E-state index contributed by atoms with van der Waals surface area (Å²) in [5, 5.41) is 2.99. The summed E-state index contributed by atoms with van der Waals surface area (Å²) in [4.78, 5) is 12.7. The fourth-order valence-corrected chi connectivity index (χ4v) is 3.47. The normalized spacial score (nSPS) is 19.4. The molecule has 2 aliphatic heterocycles. The zero-order chi connectivity index (χ0) is 19.0. The third kappa shape index (κ3) is 3.37. The number of aryl methyl sites for hydroxylation is 1. The number of anilines is 1. The van der Waals surface area contributed by atoms with E-state index in [0.717, 1.165) is 35.4 Å². The van der Waals surface area contributed by atoms with Crippen molar-refractivity contribution in [1.29, 1.82) is 0 Å². The van der Waals surface area contributed by atoms with E-state index in [1.807, 2.05) is 19.1 Å². The van der Waals surface area contributed by atoms with E-state index in [0.29, 0.717) is 17.1 Å². The van der Waals surface area contributed by atoms with E-state index in [1.165, 1.54) is 0 Å². The maximum Gasteiger partial charge on any atom is 0.255 e. The second-order valence-electron chi connectivity index (χ2n) is 7.23. The van der Waals surface area contributed by atoms with Crippen molar-refractivity contribution in [2.24, 2.45) is 0 Å². The molecule has 140 valence electrons. The van der Waals surface area contributed by atoms with Crippen LogP contribution in [0.1, 0.15) is 48.2 Å². The Balaban J connectivity index is 1.56. The fourth-order valence-electron chi connectivity index (χ4n) is 3.47. The average molecular weight is 365 g/mol. The van der Waals surface area contributed by atoms with Gasteiger partial charge in [0.05, 0.1) is 0 Å². The Labute approximate surface area is 158 Å². The van der Waals surface area contributed by atoms with Gasteiger partial charge in [-0.15, -0.1) is 0 Å². The van der Waals surface area contributed by atoms with Gasteiger partial charge in [-0.3, -0.25) is 4.79 Å². The molecule has 1 unspecified atom stereocenters. The molecule has 0 spiro atoms. The number of carbonyl (C=O) groups excluding carboxylic acids is 1. The number of carbonyl (C=O) groups is 1. The first kappa shape index (κ1) is 17.5. The van der Waals surface area contributed by atoms with Gasteiger partial charge < -0.3 is 19.5 Å². The molecule has 1 atom stereocenters. The topological polar surface area (TPSA) is 56.8 Å². The summed E-state index contributed by atoms with van der Waals surface area (Å²) in [5.74, 6) is 1.92. The van der Waals surface area contributed by atoms with E-state index in [1.54, 1.807) is 18.2 Å². The number of hydrogen-bond acceptors (Lipinski definition) is 4. The highest BCUT2D eigenvalue weighted by atomic mass is 16.7. The van der Waals surface area contributed by atoms with E-state index in [2.05, 4.69) is 31.3 Å². The van der Waals surface area contributed by atoms with Crippen LogP contribution in [0.2, 0.25) is 0 Å². The number of ether oxygens (including phenoxy) is 3. The first-order valence-corrected chi connectivity index (χ1v) is 9.21. The van der Waals surface area contributed by atoms with Gasteiger partial charge in [-0.25, -0.2) is 0 Å². The van der Waals surface area contributed by atoms with Crippen LogP contribution in [0.3, 0.4) is 0 Å². The number of benzene rings is 2. The average Bonchev–Trinajstić information content (AvgIpc) is 3.10. The molecule has 0 fully saturated rings. The third-order valence-electron chi connectivity index (χ3n) is 4.94. The van der Waals surface area contributed by atoms with Crippen LogP contribution < -0.4 is 19.5 Å². The minimum Gasteiger partial charge on any atom is -0.483 e. The van der Waals surface area contributed by atoms with Gasteiger partial charge in [-0.2, -0.15) is 0 Å². The molecule has 0 saturated heterocycles. The zero-order valence-corrected chi connectivity index (χ0v) is 15.8. The number of fused-ring (bicyclic) bond motifs is 2. The zero-order valence-electron chi connectivity index (χ0n) is 15.8. The van der Waals surface area contributed by atoms with Gasteiger partial charge in [0.2, 0.25) is 6.79 Å². The SMILES string of the molecule is CCCC1(C)C=Cc2cc(NC(=O)c3ccc4c(c3)OCO4)c(C)cc2O1. The van der Waals surface area contributed by atoms with Crippen molar-refractivity contribution in [2.45, 2.75) is 39.2 Å². The lowest BCUT2D eigenvalue weighted by Gasteiger charge is -2.32. The third-order valence-corrected chi connectivity index (χ3v) is 4.94. The summed E-state index contributed by atoms with van der Waals surface area (Å²) in [5.41, 5.74) is 2.94. The molecule has 0 aromatic heterocycles. The van der Waals surface area contributed by atoms with Crippen molar-refractivity contribution in [3.63, 3.8) is 0 Å². The molecule has 0 aliphatic carbocycles. The van der Waals surface area contributed by atoms with Gasteiger partial charge in [0.25, 0.3) is 5.91 Å². The first-order valence-electron chi connectivity index (χ1n) is 9.21. The predicted molar refractivity (Wildman–Crippen MR) is 105 cm³/mol. The predicted octanol–water partition coefficient (Wildman–Crippen LogP) is 4.94. The maximum absolute atomic E-state index is 12.7. The van der Waals surface area contributed by atoms with Crippen LogP contribution in [0.4, 0.5) is 5.69 Å². The highest BCUT2D eigenvalue weighted by molar-refractivity contribution is 6.05. The quantitative estimate of drug-likeness (QED) is 0.834. The highest BCUT2D eigenvalue weighted by Crippen LogP contribution is 2.37. The van der Waals surface area contributed by atoms with E-state index in [4.69, 9.17) is 14.2 Å². The maximum atomic E-state index is 12.7. The molecule has 0 bridgehead atoms. The number of rotatable bonds is 4. The number of nitrogens with one attached hydrogen (secondary N) is 1. The van der Waals surface area contributed by atoms with Crippen LogP contribution in [0.15, 0.2) is 36.4 Å². The summed E-state index contributed by atoms with van der Waals surface area (Å²) in [6.45, 7) is 6.40. The Bertz CT molecular complexity index is 934. The smallest absolute Gasteiger partial charge is 0.255 e. The van der Waals surface area contributed by atoms with Crippen LogP contribution >= 0.6 is 0 Å². The van der Waals surface area contributed by atoms with Crippen molar-refractivity contribution < 1.29 is 19.0 Å². The molecule has 2 aromatic carbocycles. The summed E-state index contributed by atoms with van der Waals surface area (Å²) in [6, 6.07) is 9.13. The van der Waals surface area contributed by atoms with Gasteiger partial charge in [-0.05, 0) is 62.2 Å². The minimum absolute atomic E-state index is 0.187. The number of amides is 1. The number of hydrogen-bond donors (Lipinski definition) is 1. The van der Waals surface area contributed by atoms with E-state index in [9.17, 15) is 4.79 Å². The molecule has 2 heterocycles. The highest BCUT2D eigenvalue weighted by Gasteiger charge is 2.27.